The van der Waals surface area contributed by atoms with Gasteiger partial charge in [-0.1, -0.05) is 13.8 Å². The molecule has 0 spiro atoms. The topological polar surface area (TPSA) is 78.0 Å². The van der Waals surface area contributed by atoms with Crippen LogP contribution in [0.1, 0.15) is 47.5 Å². The third-order valence-electron chi connectivity index (χ3n) is 4.87. The second-order valence-corrected chi connectivity index (χ2v) is 9.73. The molecule has 1 amide bonds. The number of halogens is 1. The molecule has 30 heavy (non-hydrogen) atoms. The van der Waals surface area contributed by atoms with Gasteiger partial charge in [-0.2, -0.15) is 0 Å². The highest BCUT2D eigenvalue weighted by atomic mass is 127. The van der Waals surface area contributed by atoms with E-state index in [1.165, 1.54) is 5.00 Å². The summed E-state index contributed by atoms with van der Waals surface area (Å²) in [5.41, 5.74) is -0.505. The normalized spacial score (nSPS) is 16.6. The minimum atomic E-state index is -0.505. The van der Waals surface area contributed by atoms with Crippen LogP contribution in [-0.2, 0) is 4.74 Å². The second-order valence-electron chi connectivity index (χ2n) is 8.81. The molecule has 1 aromatic heterocycles. The third kappa shape index (κ3) is 9.28. The number of nitrogens with one attached hydrogen (secondary N) is 3. The number of hydrogen-bond acceptors (Lipinski definition) is 5. The van der Waals surface area contributed by atoms with Gasteiger partial charge in [0.15, 0.2) is 5.96 Å². The highest BCUT2D eigenvalue weighted by Gasteiger charge is 2.23. The number of hydrogen-bond donors (Lipinski definition) is 3. The predicted molar refractivity (Wildman–Crippen MR) is 137 cm³/mol. The lowest BCUT2D eigenvalue weighted by atomic mass is 10.0. The maximum atomic E-state index is 12.1. The molecule has 1 aliphatic heterocycles. The fourth-order valence-electron chi connectivity index (χ4n) is 3.20. The largest absolute Gasteiger partial charge is 0.444 e. The lowest BCUT2D eigenvalue weighted by Crippen LogP contribution is -2.53. The number of thiophene rings is 1. The van der Waals surface area contributed by atoms with Gasteiger partial charge in [0.05, 0.1) is 11.0 Å². The Bertz CT molecular complexity index is 653. The molecule has 1 saturated heterocycles. The van der Waals surface area contributed by atoms with Crippen LogP contribution in [-0.4, -0.2) is 56.4 Å². The van der Waals surface area contributed by atoms with Gasteiger partial charge in [0.25, 0.3) is 0 Å². The molecule has 0 saturated carbocycles. The molecule has 1 unspecified atom stereocenters. The van der Waals surface area contributed by atoms with E-state index in [0.29, 0.717) is 12.6 Å². The fraction of sp³-hybridized carbons (Fsp3) is 0.714. The maximum absolute atomic E-state index is 12.1. The van der Waals surface area contributed by atoms with Gasteiger partial charge >= 0.3 is 6.09 Å². The third-order valence-corrected chi connectivity index (χ3v) is 5.80. The Labute approximate surface area is 202 Å². The SMILES string of the molecule is CN=C(NCC(NC(=O)OC(C)(C)C)C(C)C)NC1CCN(c2cccs2)CC1.I. The highest BCUT2D eigenvalue weighted by molar-refractivity contribution is 14.0. The number of carbonyl (C=O) groups excluding carboxylic acids is 1. The monoisotopic (exact) mass is 551 g/mol. The summed E-state index contributed by atoms with van der Waals surface area (Å²) in [6.45, 7) is 12.4. The van der Waals surface area contributed by atoms with Crippen molar-refractivity contribution in [2.45, 2.75) is 65.1 Å². The van der Waals surface area contributed by atoms with E-state index in [9.17, 15) is 4.79 Å². The Balaban J connectivity index is 0.00000450. The van der Waals surface area contributed by atoms with Gasteiger partial charge in [0.1, 0.15) is 5.60 Å². The van der Waals surface area contributed by atoms with Crippen LogP contribution in [0.2, 0.25) is 0 Å². The molecule has 3 N–H and O–H groups in total. The Morgan fingerprint density at radius 3 is 2.50 bits per heavy atom. The standard InChI is InChI=1S/C21H37N5O2S.HI/c1-15(2)17(25-20(27)28-21(3,4)5)14-23-19(22-6)24-16-9-11-26(12-10-16)18-8-7-13-29-18;/h7-8,13,15-17H,9-12,14H2,1-6H3,(H,25,27)(H2,22,23,24);1H. The lowest BCUT2D eigenvalue weighted by molar-refractivity contribution is 0.0491. The van der Waals surface area contributed by atoms with E-state index in [1.807, 2.05) is 20.8 Å². The molecule has 0 radical (unpaired) electrons. The van der Waals surface area contributed by atoms with Crippen molar-refractivity contribution in [2.75, 3.05) is 31.6 Å². The van der Waals surface area contributed by atoms with E-state index in [0.717, 1.165) is 31.9 Å². The van der Waals surface area contributed by atoms with E-state index in [-0.39, 0.29) is 42.0 Å². The number of piperidine rings is 1. The summed E-state index contributed by atoms with van der Waals surface area (Å²) in [7, 11) is 1.78. The summed E-state index contributed by atoms with van der Waals surface area (Å²) in [5, 5.41) is 13.3. The molecule has 7 nitrogen and oxygen atoms in total. The van der Waals surface area contributed by atoms with Gasteiger partial charge < -0.3 is 25.6 Å². The van der Waals surface area contributed by atoms with Crippen molar-refractivity contribution in [3.63, 3.8) is 0 Å². The average Bonchev–Trinajstić information content (AvgIpc) is 3.17. The Kier molecular flexibility index (Phi) is 11.2. The zero-order valence-corrected chi connectivity index (χ0v) is 22.2. The molecule has 2 heterocycles. The van der Waals surface area contributed by atoms with Crippen LogP contribution < -0.4 is 20.9 Å². The van der Waals surface area contributed by atoms with Crippen molar-refractivity contribution in [1.82, 2.24) is 16.0 Å². The summed E-state index contributed by atoms with van der Waals surface area (Å²) < 4.78 is 5.39. The van der Waals surface area contributed by atoms with Crippen LogP contribution in [0.5, 0.6) is 0 Å². The van der Waals surface area contributed by atoms with E-state index in [1.54, 1.807) is 18.4 Å². The molecule has 0 bridgehead atoms. The quantitative estimate of drug-likeness (QED) is 0.283. The van der Waals surface area contributed by atoms with Gasteiger partial charge in [0.2, 0.25) is 0 Å². The van der Waals surface area contributed by atoms with Gasteiger partial charge in [-0.15, -0.1) is 35.3 Å². The maximum Gasteiger partial charge on any atom is 0.407 e. The number of amides is 1. The number of nitrogens with zero attached hydrogens (tertiary/aromatic N) is 2. The predicted octanol–water partition coefficient (Wildman–Crippen LogP) is 4.05. The number of ether oxygens (including phenoxy) is 1. The van der Waals surface area contributed by atoms with Gasteiger partial charge in [0, 0.05) is 32.7 Å². The molecule has 0 aliphatic carbocycles. The van der Waals surface area contributed by atoms with Crippen LogP contribution >= 0.6 is 35.3 Å². The summed E-state index contributed by atoms with van der Waals surface area (Å²) in [6, 6.07) is 4.63. The van der Waals surface area contributed by atoms with Gasteiger partial charge in [-0.3, -0.25) is 4.99 Å². The van der Waals surface area contributed by atoms with E-state index in [2.05, 4.69) is 57.2 Å². The van der Waals surface area contributed by atoms with Gasteiger partial charge in [-0.25, -0.2) is 4.79 Å². The molecule has 1 aromatic rings. The summed E-state index contributed by atoms with van der Waals surface area (Å²) >= 11 is 1.80. The molecule has 1 atom stereocenters. The number of alkyl carbamates (subject to hydrolysis) is 1. The van der Waals surface area contributed by atoms with E-state index < -0.39 is 5.60 Å². The van der Waals surface area contributed by atoms with Crippen molar-refractivity contribution in [2.24, 2.45) is 10.9 Å². The zero-order valence-electron chi connectivity index (χ0n) is 19.0. The second kappa shape index (κ2) is 12.6. The first-order valence-corrected chi connectivity index (χ1v) is 11.3. The molecule has 0 aromatic carbocycles. The van der Waals surface area contributed by atoms with Crippen molar-refractivity contribution >= 4 is 52.4 Å². The summed E-state index contributed by atoms with van der Waals surface area (Å²) in [6.07, 6.45) is 1.76. The highest BCUT2D eigenvalue weighted by Crippen LogP contribution is 2.24. The number of carbonyl (C=O) groups is 1. The van der Waals surface area contributed by atoms with Crippen molar-refractivity contribution in [1.29, 1.82) is 0 Å². The fourth-order valence-corrected chi connectivity index (χ4v) is 3.99. The van der Waals surface area contributed by atoms with Crippen LogP contribution in [0, 0.1) is 5.92 Å². The van der Waals surface area contributed by atoms with Crippen molar-refractivity contribution in [3.8, 4) is 0 Å². The van der Waals surface area contributed by atoms with Crippen LogP contribution in [0.4, 0.5) is 9.80 Å². The molecular formula is C21H38IN5O2S. The van der Waals surface area contributed by atoms with Crippen LogP contribution in [0.25, 0.3) is 0 Å². The van der Waals surface area contributed by atoms with E-state index >= 15 is 0 Å². The lowest BCUT2D eigenvalue weighted by Gasteiger charge is -2.34. The minimum Gasteiger partial charge on any atom is -0.444 e. The summed E-state index contributed by atoms with van der Waals surface area (Å²) in [5.74, 6) is 1.04. The number of guanidine groups is 1. The first kappa shape index (κ1) is 26.8. The van der Waals surface area contributed by atoms with Gasteiger partial charge in [-0.05, 0) is 57.0 Å². The molecule has 1 aliphatic rings. The number of anilines is 1. The first-order chi connectivity index (χ1) is 13.7. The molecule has 9 heteroatoms. The Morgan fingerprint density at radius 1 is 1.33 bits per heavy atom. The van der Waals surface area contributed by atoms with Crippen LogP contribution in [0.15, 0.2) is 22.5 Å². The van der Waals surface area contributed by atoms with Crippen molar-refractivity contribution < 1.29 is 9.53 Å². The van der Waals surface area contributed by atoms with Crippen molar-refractivity contribution in [3.05, 3.63) is 17.5 Å². The summed E-state index contributed by atoms with van der Waals surface area (Å²) in [4.78, 5) is 18.9. The Hall–Kier alpha value is -1.23. The molecular weight excluding hydrogens is 513 g/mol. The minimum absolute atomic E-state index is 0. The number of rotatable bonds is 6. The zero-order chi connectivity index (χ0) is 21.4. The average molecular weight is 552 g/mol. The molecule has 172 valence electrons. The number of aliphatic imine (C=N–C) groups is 1. The Morgan fingerprint density at radius 2 is 2.00 bits per heavy atom. The smallest absolute Gasteiger partial charge is 0.407 e. The first-order valence-electron chi connectivity index (χ1n) is 10.4. The molecule has 1 fully saturated rings. The van der Waals surface area contributed by atoms with E-state index in [4.69, 9.17) is 4.74 Å². The molecule has 2 rings (SSSR count). The van der Waals surface area contributed by atoms with Crippen LogP contribution in [0.3, 0.4) is 0 Å².